The Morgan fingerprint density at radius 1 is 1.24 bits per heavy atom. The zero-order valence-electron chi connectivity index (χ0n) is 12.1. The second-order valence-electron chi connectivity index (χ2n) is 5.19. The van der Waals surface area contributed by atoms with Gasteiger partial charge in [0.25, 0.3) is 0 Å². The first kappa shape index (κ1) is 14.2. The molecule has 0 aromatic heterocycles. The number of nitrogens with one attached hydrogen (secondary N) is 1. The summed E-state index contributed by atoms with van der Waals surface area (Å²) in [6, 6.07) is 14.4. The highest BCUT2D eigenvalue weighted by molar-refractivity contribution is 6.33. The van der Waals surface area contributed by atoms with Crippen LogP contribution in [0.25, 0.3) is 0 Å². The summed E-state index contributed by atoms with van der Waals surface area (Å²) >= 11 is 6.47. The van der Waals surface area contributed by atoms with Crippen LogP contribution in [0, 0.1) is 0 Å². The summed E-state index contributed by atoms with van der Waals surface area (Å²) in [6.07, 6.45) is 0. The topological polar surface area (TPSA) is 24.5 Å². The van der Waals surface area contributed by atoms with Gasteiger partial charge in [0.2, 0.25) is 0 Å². The van der Waals surface area contributed by atoms with Gasteiger partial charge in [-0.15, -0.1) is 0 Å². The van der Waals surface area contributed by atoms with Crippen LogP contribution in [0.4, 0.5) is 5.69 Å². The zero-order valence-corrected chi connectivity index (χ0v) is 12.9. The Morgan fingerprint density at radius 2 is 2.10 bits per heavy atom. The number of benzene rings is 2. The van der Waals surface area contributed by atoms with Gasteiger partial charge in [-0.25, -0.2) is 0 Å². The van der Waals surface area contributed by atoms with Crippen LogP contribution in [0.1, 0.15) is 11.1 Å². The summed E-state index contributed by atoms with van der Waals surface area (Å²) in [5.74, 6) is 0.975. The smallest absolute Gasteiger partial charge is 0.124 e. The molecule has 2 aromatic carbocycles. The Labute approximate surface area is 130 Å². The van der Waals surface area contributed by atoms with Crippen LogP contribution < -0.4 is 15.0 Å². The normalized spacial score (nSPS) is 14.3. The maximum Gasteiger partial charge on any atom is 0.124 e. The van der Waals surface area contributed by atoms with Crippen LogP contribution in [-0.4, -0.2) is 20.2 Å². The maximum atomic E-state index is 6.47. The first-order valence-corrected chi connectivity index (χ1v) is 7.54. The molecule has 0 fully saturated rings. The summed E-state index contributed by atoms with van der Waals surface area (Å²) < 4.78 is 5.81. The number of ether oxygens (including phenoxy) is 1. The Kier molecular flexibility index (Phi) is 4.32. The lowest BCUT2D eigenvalue weighted by atomic mass is 10.1. The standard InChI is InChI=1S/C17H19ClN2O/c1-19-11-13-6-7-16(15(18)10-13)20-8-9-21-17-5-3-2-4-14(17)12-20/h2-7,10,19H,8-9,11-12H2,1H3. The number of halogens is 1. The molecule has 3 rings (SSSR count). The predicted molar refractivity (Wildman–Crippen MR) is 87.2 cm³/mol. The van der Waals surface area contributed by atoms with Gasteiger partial charge in [0, 0.05) is 18.7 Å². The molecule has 1 aliphatic rings. The van der Waals surface area contributed by atoms with Gasteiger partial charge in [-0.2, -0.15) is 0 Å². The number of hydrogen-bond acceptors (Lipinski definition) is 3. The van der Waals surface area contributed by atoms with Crippen molar-refractivity contribution in [3.8, 4) is 5.75 Å². The van der Waals surface area contributed by atoms with Crippen molar-refractivity contribution in [2.24, 2.45) is 0 Å². The second-order valence-corrected chi connectivity index (χ2v) is 5.60. The fraction of sp³-hybridized carbons (Fsp3) is 0.294. The van der Waals surface area contributed by atoms with Gasteiger partial charge in [0.1, 0.15) is 12.4 Å². The summed E-state index contributed by atoms with van der Waals surface area (Å²) in [7, 11) is 1.94. The largest absolute Gasteiger partial charge is 0.491 e. The van der Waals surface area contributed by atoms with Crippen LogP contribution in [0.15, 0.2) is 42.5 Å². The molecule has 21 heavy (non-hydrogen) atoms. The molecule has 1 aliphatic heterocycles. The Balaban J connectivity index is 1.87. The quantitative estimate of drug-likeness (QED) is 0.940. The zero-order chi connectivity index (χ0) is 14.7. The summed E-state index contributed by atoms with van der Waals surface area (Å²) in [5.41, 5.74) is 3.46. The molecule has 110 valence electrons. The molecule has 2 aromatic rings. The first-order chi connectivity index (χ1) is 10.3. The van der Waals surface area contributed by atoms with E-state index in [2.05, 4.69) is 28.4 Å². The van der Waals surface area contributed by atoms with E-state index in [1.165, 1.54) is 11.1 Å². The number of anilines is 1. The third kappa shape index (κ3) is 3.14. The molecule has 0 saturated carbocycles. The highest BCUT2D eigenvalue weighted by atomic mass is 35.5. The average molecular weight is 303 g/mol. The predicted octanol–water partition coefficient (Wildman–Crippen LogP) is 3.46. The van der Waals surface area contributed by atoms with Crippen LogP contribution >= 0.6 is 11.6 Å². The van der Waals surface area contributed by atoms with E-state index >= 15 is 0 Å². The number of para-hydroxylation sites is 1. The van der Waals surface area contributed by atoms with Crippen LogP contribution in [0.5, 0.6) is 5.75 Å². The number of rotatable bonds is 3. The Bertz CT molecular complexity index is 630. The van der Waals surface area contributed by atoms with E-state index in [0.29, 0.717) is 6.61 Å². The third-order valence-corrected chi connectivity index (χ3v) is 3.99. The van der Waals surface area contributed by atoms with Gasteiger partial charge in [-0.05, 0) is 30.8 Å². The monoisotopic (exact) mass is 302 g/mol. The molecule has 0 spiro atoms. The maximum absolute atomic E-state index is 6.47. The molecule has 0 saturated heterocycles. The van der Waals surface area contributed by atoms with Crippen molar-refractivity contribution in [2.75, 3.05) is 25.1 Å². The fourth-order valence-corrected chi connectivity index (χ4v) is 2.97. The molecular formula is C17H19ClN2O. The number of nitrogens with zero attached hydrogens (tertiary/aromatic N) is 1. The average Bonchev–Trinajstić information content (AvgIpc) is 2.70. The minimum Gasteiger partial charge on any atom is -0.491 e. The summed E-state index contributed by atoms with van der Waals surface area (Å²) in [6.45, 7) is 3.15. The third-order valence-electron chi connectivity index (χ3n) is 3.69. The minimum atomic E-state index is 0.672. The molecule has 1 heterocycles. The molecular weight excluding hydrogens is 284 g/mol. The first-order valence-electron chi connectivity index (χ1n) is 7.16. The summed E-state index contributed by atoms with van der Waals surface area (Å²) in [4.78, 5) is 2.28. The SMILES string of the molecule is CNCc1ccc(N2CCOc3ccccc3C2)c(Cl)c1. The molecule has 3 nitrogen and oxygen atoms in total. The van der Waals surface area contributed by atoms with Crippen LogP contribution in [0.3, 0.4) is 0 Å². The van der Waals surface area contributed by atoms with Gasteiger partial charge in [-0.3, -0.25) is 0 Å². The number of hydrogen-bond donors (Lipinski definition) is 1. The van der Waals surface area contributed by atoms with Gasteiger partial charge in [-0.1, -0.05) is 35.9 Å². The fourth-order valence-electron chi connectivity index (χ4n) is 2.65. The van der Waals surface area contributed by atoms with E-state index in [4.69, 9.17) is 16.3 Å². The minimum absolute atomic E-state index is 0.672. The molecule has 0 unspecified atom stereocenters. The van der Waals surface area contributed by atoms with Crippen molar-refractivity contribution in [1.29, 1.82) is 0 Å². The summed E-state index contributed by atoms with van der Waals surface area (Å²) in [5, 5.41) is 3.93. The lowest BCUT2D eigenvalue weighted by molar-refractivity contribution is 0.331. The molecule has 0 aliphatic carbocycles. The van der Waals surface area contributed by atoms with Crippen LogP contribution in [0.2, 0.25) is 5.02 Å². The lowest BCUT2D eigenvalue weighted by Gasteiger charge is -2.23. The van der Waals surface area contributed by atoms with Crippen molar-refractivity contribution >= 4 is 17.3 Å². The van der Waals surface area contributed by atoms with Crippen molar-refractivity contribution in [3.05, 3.63) is 58.6 Å². The highest BCUT2D eigenvalue weighted by Crippen LogP contribution is 2.31. The number of fused-ring (bicyclic) bond motifs is 1. The van der Waals surface area contributed by atoms with E-state index in [-0.39, 0.29) is 0 Å². The Morgan fingerprint density at radius 3 is 2.90 bits per heavy atom. The van der Waals surface area contributed by atoms with E-state index in [0.717, 1.165) is 36.1 Å². The van der Waals surface area contributed by atoms with Gasteiger partial charge in [0.05, 0.1) is 17.3 Å². The highest BCUT2D eigenvalue weighted by Gasteiger charge is 2.17. The van der Waals surface area contributed by atoms with Crippen molar-refractivity contribution < 1.29 is 4.74 Å². The van der Waals surface area contributed by atoms with E-state index < -0.39 is 0 Å². The van der Waals surface area contributed by atoms with E-state index in [1.807, 2.05) is 31.3 Å². The van der Waals surface area contributed by atoms with Gasteiger partial charge >= 0.3 is 0 Å². The van der Waals surface area contributed by atoms with Crippen molar-refractivity contribution in [1.82, 2.24) is 5.32 Å². The van der Waals surface area contributed by atoms with Gasteiger partial charge < -0.3 is 15.0 Å². The molecule has 0 bridgehead atoms. The van der Waals surface area contributed by atoms with E-state index in [1.54, 1.807) is 0 Å². The molecule has 0 amide bonds. The van der Waals surface area contributed by atoms with Crippen molar-refractivity contribution in [2.45, 2.75) is 13.1 Å². The second kappa shape index (κ2) is 6.37. The van der Waals surface area contributed by atoms with E-state index in [9.17, 15) is 0 Å². The molecule has 4 heteroatoms. The van der Waals surface area contributed by atoms with Crippen LogP contribution in [-0.2, 0) is 13.1 Å². The lowest BCUT2D eigenvalue weighted by Crippen LogP contribution is -2.25. The molecule has 1 N–H and O–H groups in total. The Hall–Kier alpha value is -1.71. The molecule has 0 radical (unpaired) electrons. The van der Waals surface area contributed by atoms with Gasteiger partial charge in [0.15, 0.2) is 0 Å². The van der Waals surface area contributed by atoms with Crippen molar-refractivity contribution in [3.63, 3.8) is 0 Å². The molecule has 0 atom stereocenters.